The molecule has 4 heteroatoms. The van der Waals surface area contributed by atoms with Gasteiger partial charge in [-0.2, -0.15) is 0 Å². The normalized spacial score (nSPS) is 14.6. The van der Waals surface area contributed by atoms with Gasteiger partial charge in [0.1, 0.15) is 5.69 Å². The molecule has 0 bridgehead atoms. The lowest BCUT2D eigenvalue weighted by Crippen LogP contribution is -2.33. The highest BCUT2D eigenvalue weighted by Gasteiger charge is 2.32. The maximum absolute atomic E-state index is 12.2. The number of nitrogens with zero attached hydrogens (tertiary/aromatic N) is 2. The van der Waals surface area contributed by atoms with E-state index in [1.54, 1.807) is 12.3 Å². The molecule has 0 aromatic carbocycles. The minimum atomic E-state index is 0.0436. The number of pyridine rings is 1. The van der Waals surface area contributed by atoms with Crippen LogP contribution in [-0.4, -0.2) is 35.4 Å². The van der Waals surface area contributed by atoms with Crippen molar-refractivity contribution >= 4 is 11.6 Å². The maximum atomic E-state index is 12.2. The van der Waals surface area contributed by atoms with E-state index in [0.717, 1.165) is 25.1 Å². The highest BCUT2D eigenvalue weighted by Crippen LogP contribution is 2.27. The number of aromatic nitrogens is 1. The maximum Gasteiger partial charge on any atom is 0.272 e. The molecule has 0 spiro atoms. The minimum absolute atomic E-state index is 0.0436. The van der Waals surface area contributed by atoms with Gasteiger partial charge in [0.25, 0.3) is 5.91 Å². The summed E-state index contributed by atoms with van der Waals surface area (Å²) >= 11 is 0. The number of anilines is 1. The van der Waals surface area contributed by atoms with Crippen molar-refractivity contribution in [3.63, 3.8) is 0 Å². The first-order valence-corrected chi connectivity index (χ1v) is 5.71. The van der Waals surface area contributed by atoms with Crippen molar-refractivity contribution in [2.75, 3.05) is 18.9 Å². The van der Waals surface area contributed by atoms with Crippen LogP contribution in [-0.2, 0) is 0 Å². The Morgan fingerprint density at radius 2 is 2.38 bits per heavy atom. The van der Waals surface area contributed by atoms with Crippen LogP contribution in [0.3, 0.4) is 0 Å². The SMILES string of the molecule is CCN(C(=O)c1cc(NC)ccn1)C1CC1. The summed E-state index contributed by atoms with van der Waals surface area (Å²) in [6, 6.07) is 4.09. The molecule has 1 fully saturated rings. The summed E-state index contributed by atoms with van der Waals surface area (Å²) in [4.78, 5) is 18.2. The molecule has 0 radical (unpaired) electrons. The van der Waals surface area contributed by atoms with Crippen LogP contribution in [0.15, 0.2) is 18.3 Å². The number of hydrogen-bond donors (Lipinski definition) is 1. The van der Waals surface area contributed by atoms with Gasteiger partial charge in [0.05, 0.1) is 0 Å². The van der Waals surface area contributed by atoms with Crippen LogP contribution in [0.2, 0.25) is 0 Å². The third kappa shape index (κ3) is 2.15. The highest BCUT2D eigenvalue weighted by molar-refractivity contribution is 5.93. The van der Waals surface area contributed by atoms with Crippen molar-refractivity contribution < 1.29 is 4.79 Å². The average molecular weight is 219 g/mol. The summed E-state index contributed by atoms with van der Waals surface area (Å²) in [5.41, 5.74) is 1.45. The second-order valence-corrected chi connectivity index (χ2v) is 4.00. The van der Waals surface area contributed by atoms with Crippen molar-refractivity contribution in [1.82, 2.24) is 9.88 Å². The van der Waals surface area contributed by atoms with E-state index in [9.17, 15) is 4.79 Å². The zero-order chi connectivity index (χ0) is 11.5. The third-order valence-corrected chi connectivity index (χ3v) is 2.86. The molecule has 1 saturated carbocycles. The molecule has 0 atom stereocenters. The molecular weight excluding hydrogens is 202 g/mol. The quantitative estimate of drug-likeness (QED) is 0.839. The zero-order valence-electron chi connectivity index (χ0n) is 9.73. The molecule has 0 unspecified atom stereocenters. The van der Waals surface area contributed by atoms with E-state index in [4.69, 9.17) is 0 Å². The van der Waals surface area contributed by atoms with Gasteiger partial charge in [0, 0.05) is 31.5 Å². The lowest BCUT2D eigenvalue weighted by Gasteiger charge is -2.19. The fourth-order valence-corrected chi connectivity index (χ4v) is 1.80. The molecule has 1 aromatic heterocycles. The smallest absolute Gasteiger partial charge is 0.272 e. The van der Waals surface area contributed by atoms with Crippen LogP contribution in [0.1, 0.15) is 30.3 Å². The first kappa shape index (κ1) is 10.9. The molecular formula is C12H17N3O. The first-order chi connectivity index (χ1) is 7.76. The molecule has 4 nitrogen and oxygen atoms in total. The molecule has 1 N–H and O–H groups in total. The minimum Gasteiger partial charge on any atom is -0.388 e. The van der Waals surface area contributed by atoms with Crippen LogP contribution in [0.25, 0.3) is 0 Å². The topological polar surface area (TPSA) is 45.2 Å². The summed E-state index contributed by atoms with van der Waals surface area (Å²) < 4.78 is 0. The Morgan fingerprint density at radius 3 is 2.94 bits per heavy atom. The first-order valence-electron chi connectivity index (χ1n) is 5.71. The van der Waals surface area contributed by atoms with Crippen molar-refractivity contribution in [1.29, 1.82) is 0 Å². The molecule has 0 saturated heterocycles. The van der Waals surface area contributed by atoms with Gasteiger partial charge in [-0.3, -0.25) is 9.78 Å². The van der Waals surface area contributed by atoms with E-state index in [2.05, 4.69) is 10.3 Å². The molecule has 1 aromatic rings. The Kier molecular flexibility index (Phi) is 3.08. The monoisotopic (exact) mass is 219 g/mol. The van der Waals surface area contributed by atoms with Crippen molar-refractivity contribution in [2.24, 2.45) is 0 Å². The Balaban J connectivity index is 2.18. The van der Waals surface area contributed by atoms with Crippen molar-refractivity contribution in [3.05, 3.63) is 24.0 Å². The van der Waals surface area contributed by atoms with Gasteiger partial charge in [0.2, 0.25) is 0 Å². The van der Waals surface area contributed by atoms with Gasteiger partial charge < -0.3 is 10.2 Å². The van der Waals surface area contributed by atoms with E-state index >= 15 is 0 Å². The molecule has 1 aliphatic carbocycles. The fraction of sp³-hybridized carbons (Fsp3) is 0.500. The van der Waals surface area contributed by atoms with Crippen LogP contribution in [0.5, 0.6) is 0 Å². The van der Waals surface area contributed by atoms with Crippen molar-refractivity contribution in [2.45, 2.75) is 25.8 Å². The van der Waals surface area contributed by atoms with E-state index < -0.39 is 0 Å². The lowest BCUT2D eigenvalue weighted by atomic mass is 10.2. The van der Waals surface area contributed by atoms with Gasteiger partial charge in [0.15, 0.2) is 0 Å². The van der Waals surface area contributed by atoms with Crippen LogP contribution in [0.4, 0.5) is 5.69 Å². The van der Waals surface area contributed by atoms with Crippen LogP contribution in [0, 0.1) is 0 Å². The van der Waals surface area contributed by atoms with E-state index in [0.29, 0.717) is 11.7 Å². The number of carbonyl (C=O) groups is 1. The number of rotatable bonds is 4. The summed E-state index contributed by atoms with van der Waals surface area (Å²) in [6.45, 7) is 2.77. The highest BCUT2D eigenvalue weighted by atomic mass is 16.2. The summed E-state index contributed by atoms with van der Waals surface area (Å²) in [7, 11) is 1.84. The Hall–Kier alpha value is -1.58. The number of hydrogen-bond acceptors (Lipinski definition) is 3. The van der Waals surface area contributed by atoms with Gasteiger partial charge in [-0.1, -0.05) is 0 Å². The molecule has 0 aliphatic heterocycles. The number of nitrogens with one attached hydrogen (secondary N) is 1. The molecule has 16 heavy (non-hydrogen) atoms. The van der Waals surface area contributed by atoms with Gasteiger partial charge in [-0.05, 0) is 31.9 Å². The zero-order valence-corrected chi connectivity index (χ0v) is 9.73. The predicted molar refractivity (Wildman–Crippen MR) is 63.5 cm³/mol. The number of carbonyl (C=O) groups excluding carboxylic acids is 1. The third-order valence-electron chi connectivity index (χ3n) is 2.86. The molecule has 1 aliphatic rings. The van der Waals surface area contributed by atoms with Gasteiger partial charge >= 0.3 is 0 Å². The van der Waals surface area contributed by atoms with Crippen LogP contribution >= 0.6 is 0 Å². The van der Waals surface area contributed by atoms with E-state index in [1.165, 1.54) is 0 Å². The second-order valence-electron chi connectivity index (χ2n) is 4.00. The molecule has 2 rings (SSSR count). The Labute approximate surface area is 95.7 Å². The van der Waals surface area contributed by atoms with Gasteiger partial charge in [-0.15, -0.1) is 0 Å². The predicted octanol–water partition coefficient (Wildman–Crippen LogP) is 1.75. The van der Waals surface area contributed by atoms with E-state index in [1.807, 2.05) is 24.9 Å². The molecule has 1 heterocycles. The molecule has 86 valence electrons. The fourth-order valence-electron chi connectivity index (χ4n) is 1.80. The van der Waals surface area contributed by atoms with Gasteiger partial charge in [-0.25, -0.2) is 0 Å². The van der Waals surface area contributed by atoms with Crippen molar-refractivity contribution in [3.8, 4) is 0 Å². The average Bonchev–Trinajstić information content (AvgIpc) is 3.14. The van der Waals surface area contributed by atoms with E-state index in [-0.39, 0.29) is 5.91 Å². The number of amides is 1. The summed E-state index contributed by atoms with van der Waals surface area (Å²) in [5.74, 6) is 0.0436. The van der Waals surface area contributed by atoms with Crippen LogP contribution < -0.4 is 5.32 Å². The Morgan fingerprint density at radius 1 is 1.62 bits per heavy atom. The lowest BCUT2D eigenvalue weighted by molar-refractivity contribution is 0.0746. The second kappa shape index (κ2) is 4.51. The summed E-state index contributed by atoms with van der Waals surface area (Å²) in [6.07, 6.45) is 3.93. The Bertz CT molecular complexity index is 388. The largest absolute Gasteiger partial charge is 0.388 e. The summed E-state index contributed by atoms with van der Waals surface area (Å²) in [5, 5.41) is 3.01. The standard InChI is InChI=1S/C12H17N3O/c1-3-15(10-4-5-10)12(16)11-8-9(13-2)6-7-14-11/h6-8,10H,3-5H2,1-2H3,(H,13,14). The molecule has 1 amide bonds.